The molecule has 0 saturated carbocycles. The molecule has 0 spiro atoms. The number of aromatic nitrogens is 1. The summed E-state index contributed by atoms with van der Waals surface area (Å²) < 4.78 is 0.988. The first-order valence-electron chi connectivity index (χ1n) is 8.08. The molecule has 0 fully saturated rings. The Bertz CT molecular complexity index is 1060. The second-order valence-corrected chi connectivity index (χ2v) is 8.31. The first-order chi connectivity index (χ1) is 12.6. The van der Waals surface area contributed by atoms with Gasteiger partial charge in [0.25, 0.3) is 5.91 Å². The van der Waals surface area contributed by atoms with Crippen molar-refractivity contribution in [2.75, 3.05) is 4.90 Å². The van der Waals surface area contributed by atoms with Crippen LogP contribution in [0, 0.1) is 6.92 Å². The highest BCUT2D eigenvalue weighted by molar-refractivity contribution is 7.22. The number of rotatable bonds is 4. The van der Waals surface area contributed by atoms with Crippen molar-refractivity contribution in [2.24, 2.45) is 0 Å². The molecule has 0 unspecified atom stereocenters. The van der Waals surface area contributed by atoms with Crippen molar-refractivity contribution in [2.45, 2.75) is 13.5 Å². The molecule has 0 aliphatic carbocycles. The number of thiazole rings is 1. The second-order valence-electron chi connectivity index (χ2n) is 5.92. The number of fused-ring (bicyclic) bond motifs is 1. The number of carbonyl (C=O) groups excluding carboxylic acids is 1. The lowest BCUT2D eigenvalue weighted by molar-refractivity contribution is 0.0989. The summed E-state index contributed by atoms with van der Waals surface area (Å²) in [6, 6.07) is 17.5. The lowest BCUT2D eigenvalue weighted by atomic mass is 10.2. The van der Waals surface area contributed by atoms with Crippen LogP contribution in [0.5, 0.6) is 0 Å². The predicted octanol–water partition coefficient (Wildman–Crippen LogP) is 6.17. The first-order valence-corrected chi connectivity index (χ1v) is 10.2. The summed E-state index contributed by atoms with van der Waals surface area (Å²) in [4.78, 5) is 20.3. The Morgan fingerprint density at radius 1 is 1.15 bits per heavy atom. The number of hydrogen-bond acceptors (Lipinski definition) is 4. The lowest BCUT2D eigenvalue weighted by Gasteiger charge is -2.19. The summed E-state index contributed by atoms with van der Waals surface area (Å²) in [6.07, 6.45) is 0. The maximum Gasteiger partial charge on any atom is 0.270 e. The zero-order valence-corrected chi connectivity index (χ0v) is 16.4. The Balaban J connectivity index is 1.79. The van der Waals surface area contributed by atoms with Crippen molar-refractivity contribution in [3.63, 3.8) is 0 Å². The van der Waals surface area contributed by atoms with Gasteiger partial charge in [-0.3, -0.25) is 9.69 Å². The van der Waals surface area contributed by atoms with Gasteiger partial charge in [0.1, 0.15) is 0 Å². The van der Waals surface area contributed by atoms with Crippen LogP contribution < -0.4 is 4.90 Å². The van der Waals surface area contributed by atoms with Crippen molar-refractivity contribution >= 4 is 55.5 Å². The van der Waals surface area contributed by atoms with Gasteiger partial charge in [-0.15, -0.1) is 11.3 Å². The molecule has 4 aromatic rings. The normalized spacial score (nSPS) is 11.0. The monoisotopic (exact) mass is 398 g/mol. The zero-order valence-electron chi connectivity index (χ0n) is 14.0. The molecule has 2 aromatic heterocycles. The Kier molecular flexibility index (Phi) is 4.76. The van der Waals surface area contributed by atoms with E-state index >= 15 is 0 Å². The van der Waals surface area contributed by atoms with E-state index in [0.29, 0.717) is 21.6 Å². The van der Waals surface area contributed by atoms with E-state index < -0.39 is 0 Å². The van der Waals surface area contributed by atoms with Gasteiger partial charge in [0.15, 0.2) is 5.13 Å². The average Bonchev–Trinajstić information content (AvgIpc) is 3.29. The Labute approximate surface area is 164 Å². The second kappa shape index (κ2) is 7.19. The van der Waals surface area contributed by atoms with Gasteiger partial charge >= 0.3 is 0 Å². The Morgan fingerprint density at radius 2 is 1.96 bits per heavy atom. The van der Waals surface area contributed by atoms with Crippen LogP contribution in [0.2, 0.25) is 5.02 Å². The number of carbonyl (C=O) groups is 1. The third kappa shape index (κ3) is 3.38. The molecule has 0 aliphatic rings. The molecule has 0 aliphatic heterocycles. The van der Waals surface area contributed by atoms with E-state index in [4.69, 9.17) is 16.6 Å². The molecule has 0 radical (unpaired) electrons. The van der Waals surface area contributed by atoms with Gasteiger partial charge in [0.05, 0.1) is 21.6 Å². The van der Waals surface area contributed by atoms with Crippen LogP contribution in [-0.4, -0.2) is 10.9 Å². The van der Waals surface area contributed by atoms with E-state index in [0.717, 1.165) is 21.3 Å². The molecule has 6 heteroatoms. The van der Waals surface area contributed by atoms with Crippen molar-refractivity contribution < 1.29 is 4.79 Å². The molecule has 0 saturated heterocycles. The zero-order chi connectivity index (χ0) is 18.1. The van der Waals surface area contributed by atoms with Gasteiger partial charge in [-0.05, 0) is 41.6 Å². The van der Waals surface area contributed by atoms with Crippen LogP contribution >= 0.6 is 34.3 Å². The molecule has 4 rings (SSSR count). The summed E-state index contributed by atoms with van der Waals surface area (Å²) in [6.45, 7) is 2.46. The quantitative estimate of drug-likeness (QED) is 0.412. The Hall–Kier alpha value is -2.21. The standard InChI is InChI=1S/C20H15ClN2OS2/c1-13-10-15(21)11-17-18(13)22-20(26-17)23(12-14-6-3-2-4-7-14)19(24)16-8-5-9-25-16/h2-11H,12H2,1H3. The van der Waals surface area contributed by atoms with Crippen LogP contribution in [0.4, 0.5) is 5.13 Å². The van der Waals surface area contributed by atoms with Crippen LogP contribution in [0.25, 0.3) is 10.2 Å². The number of benzene rings is 2. The molecule has 130 valence electrons. The number of thiophene rings is 1. The molecule has 2 heterocycles. The van der Waals surface area contributed by atoms with Crippen molar-refractivity contribution in [1.82, 2.24) is 4.98 Å². The smallest absolute Gasteiger partial charge is 0.270 e. The summed E-state index contributed by atoms with van der Waals surface area (Å²) in [5.74, 6) is -0.0355. The van der Waals surface area contributed by atoms with Crippen LogP contribution in [0.15, 0.2) is 60.0 Å². The van der Waals surface area contributed by atoms with Crippen LogP contribution in [0.1, 0.15) is 20.8 Å². The highest BCUT2D eigenvalue weighted by Gasteiger charge is 2.23. The number of amides is 1. The van der Waals surface area contributed by atoms with Gasteiger partial charge in [0.2, 0.25) is 0 Å². The maximum absolute atomic E-state index is 13.1. The topological polar surface area (TPSA) is 33.2 Å². The first kappa shape index (κ1) is 17.2. The van der Waals surface area contributed by atoms with E-state index in [9.17, 15) is 4.79 Å². The fraction of sp³-hybridized carbons (Fsp3) is 0.100. The molecule has 2 aromatic carbocycles. The van der Waals surface area contributed by atoms with Gasteiger partial charge in [-0.1, -0.05) is 59.3 Å². The van der Waals surface area contributed by atoms with E-state index in [1.807, 2.05) is 66.9 Å². The van der Waals surface area contributed by atoms with E-state index in [2.05, 4.69) is 0 Å². The SMILES string of the molecule is Cc1cc(Cl)cc2sc(N(Cc3ccccc3)C(=O)c3cccs3)nc12. The molecule has 1 amide bonds. The summed E-state index contributed by atoms with van der Waals surface area (Å²) in [7, 11) is 0. The molecule has 0 atom stereocenters. The summed E-state index contributed by atoms with van der Waals surface area (Å²) in [5.41, 5.74) is 2.97. The third-order valence-electron chi connectivity index (χ3n) is 4.03. The molecule has 0 bridgehead atoms. The van der Waals surface area contributed by atoms with Crippen molar-refractivity contribution in [1.29, 1.82) is 0 Å². The van der Waals surface area contributed by atoms with Gasteiger partial charge in [0, 0.05) is 5.02 Å². The molecule has 0 N–H and O–H groups in total. The number of nitrogens with zero attached hydrogens (tertiary/aromatic N) is 2. The van der Waals surface area contributed by atoms with Gasteiger partial charge in [-0.25, -0.2) is 4.98 Å². The Morgan fingerprint density at radius 3 is 2.69 bits per heavy atom. The van der Waals surface area contributed by atoms with E-state index in [1.165, 1.54) is 22.7 Å². The highest BCUT2D eigenvalue weighted by atomic mass is 35.5. The van der Waals surface area contributed by atoms with Crippen molar-refractivity contribution in [3.8, 4) is 0 Å². The predicted molar refractivity (Wildman–Crippen MR) is 111 cm³/mol. The van der Waals surface area contributed by atoms with Crippen LogP contribution in [-0.2, 0) is 6.54 Å². The van der Waals surface area contributed by atoms with E-state index in [-0.39, 0.29) is 5.91 Å². The summed E-state index contributed by atoms with van der Waals surface area (Å²) in [5, 5.41) is 3.29. The van der Waals surface area contributed by atoms with Crippen LogP contribution in [0.3, 0.4) is 0 Å². The van der Waals surface area contributed by atoms with Gasteiger partial charge < -0.3 is 0 Å². The van der Waals surface area contributed by atoms with Gasteiger partial charge in [-0.2, -0.15) is 0 Å². The highest BCUT2D eigenvalue weighted by Crippen LogP contribution is 2.34. The average molecular weight is 399 g/mol. The molecule has 3 nitrogen and oxygen atoms in total. The number of anilines is 1. The van der Waals surface area contributed by atoms with E-state index in [1.54, 1.807) is 4.90 Å². The molecular weight excluding hydrogens is 384 g/mol. The number of hydrogen-bond donors (Lipinski definition) is 0. The fourth-order valence-electron chi connectivity index (χ4n) is 2.78. The van der Waals surface area contributed by atoms with Crippen molar-refractivity contribution in [3.05, 3.63) is 81.0 Å². The summed E-state index contributed by atoms with van der Waals surface area (Å²) >= 11 is 9.12. The fourth-order valence-corrected chi connectivity index (χ4v) is 4.87. The minimum atomic E-state index is -0.0355. The minimum Gasteiger partial charge on any atom is -0.279 e. The lowest BCUT2D eigenvalue weighted by Crippen LogP contribution is -2.29. The largest absolute Gasteiger partial charge is 0.279 e. The third-order valence-corrected chi connectivity index (χ3v) is 6.13. The molecule has 26 heavy (non-hydrogen) atoms. The minimum absolute atomic E-state index is 0.0355. The number of aryl methyl sites for hydroxylation is 1. The molecular formula is C20H15ClN2OS2. The number of halogens is 1. The maximum atomic E-state index is 13.1.